The molecule has 1 aromatic carbocycles. The number of fused-ring (bicyclic) bond motifs is 2. The minimum atomic E-state index is -0.517. The van der Waals surface area contributed by atoms with E-state index in [-0.39, 0.29) is 12.2 Å². The smallest absolute Gasteiger partial charge is 0.278 e. The second-order valence-electron chi connectivity index (χ2n) is 10.7. The van der Waals surface area contributed by atoms with Gasteiger partial charge in [-0.15, -0.1) is 0 Å². The molecule has 9 heteroatoms. The van der Waals surface area contributed by atoms with Gasteiger partial charge in [0.25, 0.3) is 5.56 Å². The van der Waals surface area contributed by atoms with Gasteiger partial charge in [0.2, 0.25) is 5.95 Å². The number of aliphatic hydroxyl groups excluding tert-OH is 1. The Morgan fingerprint density at radius 1 is 1.16 bits per heavy atom. The summed E-state index contributed by atoms with van der Waals surface area (Å²) >= 11 is 0. The molecule has 1 aliphatic carbocycles. The number of hydrogen-bond acceptors (Lipinski definition) is 7. The lowest BCUT2D eigenvalue weighted by molar-refractivity contribution is 0.215. The normalized spacial score (nSPS) is 15.8. The molecule has 0 bridgehead atoms. The van der Waals surface area contributed by atoms with Gasteiger partial charge in [0.05, 0.1) is 12.3 Å². The molecule has 194 valence electrons. The molecule has 0 radical (unpaired) electrons. The number of aromatic nitrogens is 5. The van der Waals surface area contributed by atoms with Crippen LogP contribution < -0.4 is 10.9 Å². The third-order valence-electron chi connectivity index (χ3n) is 7.41. The van der Waals surface area contributed by atoms with E-state index in [9.17, 15) is 9.90 Å². The maximum Gasteiger partial charge on any atom is 0.278 e. The number of aryl methyl sites for hydroxylation is 1. The first kappa shape index (κ1) is 25.1. The van der Waals surface area contributed by atoms with Gasteiger partial charge in [-0.1, -0.05) is 26.0 Å². The lowest BCUT2D eigenvalue weighted by atomic mass is 9.87. The van der Waals surface area contributed by atoms with Crippen LogP contribution in [0.15, 0.2) is 47.4 Å². The summed E-state index contributed by atoms with van der Waals surface area (Å²) in [7, 11) is 4.29. The minimum absolute atomic E-state index is 0.0384. The van der Waals surface area contributed by atoms with E-state index in [2.05, 4.69) is 47.5 Å². The highest BCUT2D eigenvalue weighted by atomic mass is 16.3. The quantitative estimate of drug-likeness (QED) is 0.400. The third-order valence-corrected chi connectivity index (χ3v) is 7.41. The molecule has 2 N–H and O–H groups in total. The lowest BCUT2D eigenvalue weighted by Gasteiger charge is -2.30. The molecule has 0 saturated carbocycles. The summed E-state index contributed by atoms with van der Waals surface area (Å²) in [6, 6.07) is 12.6. The van der Waals surface area contributed by atoms with Crippen molar-refractivity contribution >= 4 is 22.7 Å². The average Bonchev–Trinajstić information content (AvgIpc) is 3.19. The largest absolute Gasteiger partial charge is 0.395 e. The fraction of sp³-hybridized carbons (Fsp3) is 0.429. The summed E-state index contributed by atoms with van der Waals surface area (Å²) in [6.07, 6.45) is 4.82. The van der Waals surface area contributed by atoms with Gasteiger partial charge in [0.15, 0.2) is 11.5 Å². The van der Waals surface area contributed by atoms with Gasteiger partial charge in [-0.25, -0.2) is 19.3 Å². The van der Waals surface area contributed by atoms with E-state index in [0.717, 1.165) is 30.6 Å². The second-order valence-corrected chi connectivity index (χ2v) is 10.7. The van der Waals surface area contributed by atoms with Crippen molar-refractivity contribution in [1.82, 2.24) is 29.2 Å². The average molecular weight is 502 g/mol. The van der Waals surface area contributed by atoms with Gasteiger partial charge in [-0.3, -0.25) is 4.79 Å². The lowest BCUT2D eigenvalue weighted by Crippen LogP contribution is -2.33. The van der Waals surface area contributed by atoms with Crippen molar-refractivity contribution in [1.29, 1.82) is 0 Å². The van der Waals surface area contributed by atoms with Crippen LogP contribution in [0.2, 0.25) is 0 Å². The molecule has 1 atom stereocenters. The molecule has 0 amide bonds. The molecule has 3 aromatic heterocycles. The summed E-state index contributed by atoms with van der Waals surface area (Å²) in [5.74, 6) is 0.991. The highest BCUT2D eigenvalue weighted by Crippen LogP contribution is 2.28. The number of anilines is 2. The van der Waals surface area contributed by atoms with Crippen molar-refractivity contribution in [2.24, 2.45) is 0 Å². The van der Waals surface area contributed by atoms with Gasteiger partial charge in [-0.05, 0) is 75.7 Å². The van der Waals surface area contributed by atoms with Crippen molar-refractivity contribution in [3.63, 3.8) is 0 Å². The molecule has 0 saturated heterocycles. The summed E-state index contributed by atoms with van der Waals surface area (Å²) < 4.78 is 3.36. The zero-order valence-corrected chi connectivity index (χ0v) is 22.2. The number of rotatable bonds is 7. The Hall–Kier alpha value is -3.56. The number of nitrogens with zero attached hydrogens (tertiary/aromatic N) is 6. The first-order chi connectivity index (χ1) is 17.7. The highest BCUT2D eigenvalue weighted by molar-refractivity contribution is 5.77. The molecule has 0 aliphatic heterocycles. The number of benzene rings is 1. The van der Waals surface area contributed by atoms with Crippen molar-refractivity contribution in [2.75, 3.05) is 26.0 Å². The summed E-state index contributed by atoms with van der Waals surface area (Å²) in [4.78, 5) is 29.5. The Balaban J connectivity index is 1.53. The van der Waals surface area contributed by atoms with Crippen LogP contribution in [0, 0.1) is 0 Å². The number of aliphatic hydroxyl groups is 1. The van der Waals surface area contributed by atoms with Gasteiger partial charge < -0.3 is 15.3 Å². The maximum absolute atomic E-state index is 13.2. The molecule has 4 aromatic rings. The van der Waals surface area contributed by atoms with Gasteiger partial charge in [-0.2, -0.15) is 4.98 Å². The van der Waals surface area contributed by atoms with E-state index in [0.29, 0.717) is 35.4 Å². The SMILES string of the molecule is CCn1c(=O)c2cnc(Nc3ccc4c(c3)CCC(N(C)C)C4)nc2n1-c1cccc(C(C)(C)CO)n1. The zero-order chi connectivity index (χ0) is 26.3. The fourth-order valence-corrected chi connectivity index (χ4v) is 4.99. The first-order valence-corrected chi connectivity index (χ1v) is 12.8. The van der Waals surface area contributed by atoms with Crippen LogP contribution in [0.1, 0.15) is 44.0 Å². The van der Waals surface area contributed by atoms with Crippen LogP contribution in [0.5, 0.6) is 0 Å². The van der Waals surface area contributed by atoms with Crippen LogP contribution in [-0.2, 0) is 24.8 Å². The monoisotopic (exact) mass is 501 g/mol. The zero-order valence-electron chi connectivity index (χ0n) is 22.2. The number of pyridine rings is 1. The predicted octanol–water partition coefficient (Wildman–Crippen LogP) is 3.43. The molecule has 9 nitrogen and oxygen atoms in total. The van der Waals surface area contributed by atoms with E-state index in [1.165, 1.54) is 11.1 Å². The molecule has 37 heavy (non-hydrogen) atoms. The summed E-state index contributed by atoms with van der Waals surface area (Å²) in [6.45, 7) is 6.20. The summed E-state index contributed by atoms with van der Waals surface area (Å²) in [5.41, 5.74) is 4.21. The third kappa shape index (κ3) is 4.65. The molecule has 1 unspecified atom stereocenters. The molecule has 3 heterocycles. The molecular weight excluding hydrogens is 466 g/mol. The van der Waals surface area contributed by atoms with Crippen LogP contribution in [-0.4, -0.2) is 61.1 Å². The Kier molecular flexibility index (Phi) is 6.59. The molecule has 0 fully saturated rings. The van der Waals surface area contributed by atoms with Gasteiger partial charge in [0.1, 0.15) is 5.39 Å². The number of hydrogen-bond donors (Lipinski definition) is 2. The predicted molar refractivity (Wildman–Crippen MR) is 146 cm³/mol. The Bertz CT molecular complexity index is 1500. The van der Waals surface area contributed by atoms with Crippen LogP contribution in [0.3, 0.4) is 0 Å². The van der Waals surface area contributed by atoms with E-state index < -0.39 is 5.41 Å². The molecule has 0 spiro atoms. The van der Waals surface area contributed by atoms with Crippen molar-refractivity contribution in [3.05, 3.63) is 69.8 Å². The number of nitrogens with one attached hydrogen (secondary N) is 1. The molecule has 1 aliphatic rings. The van der Waals surface area contributed by atoms with Crippen molar-refractivity contribution < 1.29 is 5.11 Å². The Labute approximate surface area is 216 Å². The van der Waals surface area contributed by atoms with E-state index in [4.69, 9.17) is 9.97 Å². The maximum atomic E-state index is 13.2. The Morgan fingerprint density at radius 2 is 1.97 bits per heavy atom. The van der Waals surface area contributed by atoms with Gasteiger partial charge >= 0.3 is 0 Å². The van der Waals surface area contributed by atoms with E-state index in [1.54, 1.807) is 15.6 Å². The van der Waals surface area contributed by atoms with E-state index in [1.807, 2.05) is 39.0 Å². The van der Waals surface area contributed by atoms with Crippen LogP contribution >= 0.6 is 0 Å². The fourth-order valence-electron chi connectivity index (χ4n) is 4.99. The van der Waals surface area contributed by atoms with Crippen molar-refractivity contribution in [3.8, 4) is 5.82 Å². The minimum Gasteiger partial charge on any atom is -0.395 e. The topological polar surface area (TPSA) is 101 Å². The first-order valence-electron chi connectivity index (χ1n) is 12.8. The van der Waals surface area contributed by atoms with Gasteiger partial charge in [0, 0.05) is 29.9 Å². The number of likely N-dealkylation sites (N-methyl/N-ethyl adjacent to an activating group) is 1. The highest BCUT2D eigenvalue weighted by Gasteiger charge is 2.24. The molecule has 5 rings (SSSR count). The van der Waals surface area contributed by atoms with Crippen LogP contribution in [0.4, 0.5) is 11.6 Å². The Morgan fingerprint density at radius 3 is 2.70 bits per heavy atom. The standard InChI is InChI=1S/C28H35N7O2/c1-6-34-26(37)22-16-29-27(30-20-12-10-19-15-21(33(4)5)13-11-18(19)14-20)32-25(22)35(34)24-9-7-8-23(31-24)28(2,3)17-36/h7-10,12,14,16,21,36H,6,11,13,15,17H2,1-5H3,(H,29,30,32). The molecular formula is C28H35N7O2. The summed E-state index contributed by atoms with van der Waals surface area (Å²) in [5, 5.41) is 13.6. The van der Waals surface area contributed by atoms with Crippen molar-refractivity contribution in [2.45, 2.75) is 58.0 Å². The van der Waals surface area contributed by atoms with E-state index >= 15 is 0 Å². The van der Waals surface area contributed by atoms with Crippen LogP contribution in [0.25, 0.3) is 16.9 Å². The second kappa shape index (κ2) is 9.72.